The van der Waals surface area contributed by atoms with Crippen molar-refractivity contribution < 1.29 is 9.59 Å². The van der Waals surface area contributed by atoms with Crippen LogP contribution in [0.15, 0.2) is 30.3 Å². The highest BCUT2D eigenvalue weighted by Gasteiger charge is 2.13. The zero-order chi connectivity index (χ0) is 15.0. The number of hydrogen-bond donors (Lipinski definition) is 3. The minimum absolute atomic E-state index is 0.0915. The number of carbonyl (C=O) groups is 2. The van der Waals surface area contributed by atoms with Gasteiger partial charge in [0.15, 0.2) is 0 Å². The topological polar surface area (TPSA) is 70.2 Å². The minimum Gasteiger partial charge on any atom is -0.354 e. The number of rotatable bonds is 7. The highest BCUT2D eigenvalue weighted by molar-refractivity contribution is 5.92. The first kappa shape index (κ1) is 16.2. The average Bonchev–Trinajstić information content (AvgIpc) is 2.43. The lowest BCUT2D eigenvalue weighted by atomic mass is 10.2. The first-order valence-corrected chi connectivity index (χ1v) is 6.85. The Morgan fingerprint density at radius 1 is 1.10 bits per heavy atom. The van der Waals surface area contributed by atoms with Gasteiger partial charge in [0.2, 0.25) is 11.8 Å². The molecule has 5 heteroatoms. The Balaban J connectivity index is 2.28. The fourth-order valence-electron chi connectivity index (χ4n) is 1.52. The average molecular weight is 277 g/mol. The highest BCUT2D eigenvalue weighted by Crippen LogP contribution is 2.03. The monoisotopic (exact) mass is 277 g/mol. The maximum absolute atomic E-state index is 11.7. The summed E-state index contributed by atoms with van der Waals surface area (Å²) in [6.07, 6.45) is 0. The van der Waals surface area contributed by atoms with E-state index >= 15 is 0 Å². The Kier molecular flexibility index (Phi) is 6.73. The Morgan fingerprint density at radius 2 is 1.75 bits per heavy atom. The maximum atomic E-state index is 11.7. The number of amides is 2. The minimum atomic E-state index is -0.393. The Morgan fingerprint density at radius 3 is 2.35 bits per heavy atom. The Hall–Kier alpha value is -1.88. The largest absolute Gasteiger partial charge is 0.354 e. The van der Waals surface area contributed by atoms with Crippen LogP contribution < -0.4 is 16.0 Å². The van der Waals surface area contributed by atoms with Gasteiger partial charge in [0, 0.05) is 12.2 Å². The van der Waals surface area contributed by atoms with E-state index in [-0.39, 0.29) is 18.4 Å². The standard InChI is InChI=1S/C15H23N3O2/c1-11(2)9-17-15(20)12(3)16-10-14(19)18-13-7-5-4-6-8-13/h4-8,11-12,16H,9-10H2,1-3H3,(H,17,20)(H,18,19). The van der Waals surface area contributed by atoms with Crippen molar-refractivity contribution >= 4 is 17.5 Å². The van der Waals surface area contributed by atoms with E-state index in [1.165, 1.54) is 0 Å². The molecule has 1 atom stereocenters. The predicted molar refractivity (Wildman–Crippen MR) is 80.4 cm³/mol. The van der Waals surface area contributed by atoms with E-state index in [1.54, 1.807) is 6.92 Å². The van der Waals surface area contributed by atoms with Crippen molar-refractivity contribution in [2.24, 2.45) is 5.92 Å². The maximum Gasteiger partial charge on any atom is 0.238 e. The van der Waals surface area contributed by atoms with Gasteiger partial charge in [0.25, 0.3) is 0 Å². The third-order valence-electron chi connectivity index (χ3n) is 2.70. The molecule has 0 aliphatic rings. The molecule has 1 rings (SSSR count). The highest BCUT2D eigenvalue weighted by atomic mass is 16.2. The SMILES string of the molecule is CC(C)CNC(=O)C(C)NCC(=O)Nc1ccccc1. The van der Waals surface area contributed by atoms with Gasteiger partial charge in [-0.05, 0) is 25.0 Å². The fraction of sp³-hybridized carbons (Fsp3) is 0.467. The van der Waals surface area contributed by atoms with Crippen LogP contribution in [0.25, 0.3) is 0 Å². The van der Waals surface area contributed by atoms with Crippen molar-refractivity contribution in [3.8, 4) is 0 Å². The van der Waals surface area contributed by atoms with Crippen LogP contribution in [0.1, 0.15) is 20.8 Å². The molecule has 0 fully saturated rings. The van der Waals surface area contributed by atoms with Crippen LogP contribution in [0.4, 0.5) is 5.69 Å². The van der Waals surface area contributed by atoms with Crippen molar-refractivity contribution in [2.45, 2.75) is 26.8 Å². The summed E-state index contributed by atoms with van der Waals surface area (Å²) in [5.74, 6) is 0.151. The summed E-state index contributed by atoms with van der Waals surface area (Å²) >= 11 is 0. The van der Waals surface area contributed by atoms with Gasteiger partial charge in [0.05, 0.1) is 12.6 Å². The van der Waals surface area contributed by atoms with Crippen molar-refractivity contribution in [1.82, 2.24) is 10.6 Å². The second-order valence-electron chi connectivity index (χ2n) is 5.16. The summed E-state index contributed by atoms with van der Waals surface area (Å²) in [6.45, 7) is 6.55. The quantitative estimate of drug-likeness (QED) is 0.705. The first-order valence-electron chi connectivity index (χ1n) is 6.85. The molecule has 2 amide bonds. The van der Waals surface area contributed by atoms with Crippen LogP contribution in [0.2, 0.25) is 0 Å². The third kappa shape index (κ3) is 6.33. The predicted octanol–water partition coefficient (Wildman–Crippen LogP) is 1.38. The van der Waals surface area contributed by atoms with Gasteiger partial charge in [-0.1, -0.05) is 32.0 Å². The zero-order valence-electron chi connectivity index (χ0n) is 12.3. The molecule has 0 aliphatic carbocycles. The van der Waals surface area contributed by atoms with Gasteiger partial charge in [-0.25, -0.2) is 0 Å². The number of para-hydroxylation sites is 1. The van der Waals surface area contributed by atoms with E-state index in [4.69, 9.17) is 0 Å². The number of carbonyl (C=O) groups excluding carboxylic acids is 2. The van der Waals surface area contributed by atoms with Crippen LogP contribution >= 0.6 is 0 Å². The van der Waals surface area contributed by atoms with Gasteiger partial charge in [-0.3, -0.25) is 14.9 Å². The number of benzene rings is 1. The summed E-state index contributed by atoms with van der Waals surface area (Å²) in [5.41, 5.74) is 0.746. The van der Waals surface area contributed by atoms with Crippen molar-refractivity contribution in [3.05, 3.63) is 30.3 Å². The van der Waals surface area contributed by atoms with Crippen LogP contribution in [-0.2, 0) is 9.59 Å². The zero-order valence-corrected chi connectivity index (χ0v) is 12.3. The Labute approximate surface area is 120 Å². The van der Waals surface area contributed by atoms with Gasteiger partial charge in [0.1, 0.15) is 0 Å². The van der Waals surface area contributed by atoms with Crippen molar-refractivity contribution in [2.75, 3.05) is 18.4 Å². The fourth-order valence-corrected chi connectivity index (χ4v) is 1.52. The van der Waals surface area contributed by atoms with E-state index < -0.39 is 6.04 Å². The second kappa shape index (κ2) is 8.32. The molecule has 5 nitrogen and oxygen atoms in total. The number of nitrogens with one attached hydrogen (secondary N) is 3. The molecule has 110 valence electrons. The molecule has 0 saturated carbocycles. The second-order valence-corrected chi connectivity index (χ2v) is 5.16. The molecular weight excluding hydrogens is 254 g/mol. The third-order valence-corrected chi connectivity index (χ3v) is 2.70. The smallest absolute Gasteiger partial charge is 0.238 e. The van der Waals surface area contributed by atoms with Crippen LogP contribution in [-0.4, -0.2) is 30.9 Å². The van der Waals surface area contributed by atoms with Crippen LogP contribution in [0, 0.1) is 5.92 Å². The molecule has 0 aliphatic heterocycles. The molecule has 0 bridgehead atoms. The molecular formula is C15H23N3O2. The van der Waals surface area contributed by atoms with Crippen molar-refractivity contribution in [3.63, 3.8) is 0 Å². The van der Waals surface area contributed by atoms with E-state index in [9.17, 15) is 9.59 Å². The molecule has 1 aromatic rings. The molecule has 20 heavy (non-hydrogen) atoms. The lowest BCUT2D eigenvalue weighted by Gasteiger charge is -2.15. The normalized spacial score (nSPS) is 12.0. The molecule has 3 N–H and O–H groups in total. The van der Waals surface area contributed by atoms with Gasteiger partial charge in [-0.15, -0.1) is 0 Å². The van der Waals surface area contributed by atoms with Gasteiger partial charge in [-0.2, -0.15) is 0 Å². The molecule has 0 spiro atoms. The summed E-state index contributed by atoms with van der Waals surface area (Å²) in [5, 5.41) is 8.48. The van der Waals surface area contributed by atoms with E-state index in [2.05, 4.69) is 16.0 Å². The lowest BCUT2D eigenvalue weighted by Crippen LogP contribution is -2.45. The molecule has 0 heterocycles. The molecule has 1 aromatic carbocycles. The van der Waals surface area contributed by atoms with E-state index in [1.807, 2.05) is 44.2 Å². The Bertz CT molecular complexity index is 432. The van der Waals surface area contributed by atoms with E-state index in [0.29, 0.717) is 12.5 Å². The lowest BCUT2D eigenvalue weighted by molar-refractivity contribution is -0.123. The van der Waals surface area contributed by atoms with Crippen LogP contribution in [0.5, 0.6) is 0 Å². The van der Waals surface area contributed by atoms with Gasteiger partial charge < -0.3 is 10.6 Å². The van der Waals surface area contributed by atoms with Crippen molar-refractivity contribution in [1.29, 1.82) is 0 Å². The summed E-state index contributed by atoms with van der Waals surface area (Å²) < 4.78 is 0. The summed E-state index contributed by atoms with van der Waals surface area (Å²) in [7, 11) is 0. The summed E-state index contributed by atoms with van der Waals surface area (Å²) in [4.78, 5) is 23.4. The molecule has 1 unspecified atom stereocenters. The van der Waals surface area contributed by atoms with Crippen LogP contribution in [0.3, 0.4) is 0 Å². The van der Waals surface area contributed by atoms with Gasteiger partial charge >= 0.3 is 0 Å². The molecule has 0 saturated heterocycles. The summed E-state index contributed by atoms with van der Waals surface area (Å²) in [6, 6.07) is 8.83. The number of anilines is 1. The van der Waals surface area contributed by atoms with E-state index in [0.717, 1.165) is 5.69 Å². The molecule has 0 aromatic heterocycles. The number of hydrogen-bond acceptors (Lipinski definition) is 3. The molecule has 0 radical (unpaired) electrons. The first-order chi connectivity index (χ1) is 9.49.